The zero-order valence-corrected chi connectivity index (χ0v) is 16.9. The summed E-state index contributed by atoms with van der Waals surface area (Å²) in [5.41, 5.74) is -0.148. The van der Waals surface area contributed by atoms with Crippen molar-refractivity contribution >= 4 is 23.8 Å². The average molecular weight is 406 g/mol. The number of carbonyl (C=O) groups excluding carboxylic acids is 3. The van der Waals surface area contributed by atoms with E-state index >= 15 is 0 Å². The van der Waals surface area contributed by atoms with Gasteiger partial charge in [-0.25, -0.2) is 9.59 Å². The van der Waals surface area contributed by atoms with Crippen LogP contribution in [0.2, 0.25) is 0 Å². The highest BCUT2D eigenvalue weighted by Gasteiger charge is 2.41. The van der Waals surface area contributed by atoms with E-state index in [0.717, 1.165) is 44.2 Å². The number of carbonyl (C=O) groups is 3. The van der Waals surface area contributed by atoms with Crippen LogP contribution in [-0.2, 0) is 19.0 Å². The van der Waals surface area contributed by atoms with Gasteiger partial charge >= 0.3 is 18.2 Å². The number of rotatable bonds is 11. The molecule has 0 radical (unpaired) electrons. The normalized spacial score (nSPS) is 15.0. The average Bonchev–Trinajstić information content (AvgIpc) is 2.72. The maximum Gasteiger partial charge on any atom is 0.508 e. The standard InChI is InChI=1S/C21H30N2O6/c1-21(15-28-20(26)29-16-21)18(24)27-14-10-5-3-2-4-9-13-22-19(25)23-17-11-7-6-8-12-17/h6-8,11-12H,2-5,9-10,13-16H2,1H3,(H2,22,23,25). The molecule has 2 rings (SSSR count). The van der Waals surface area contributed by atoms with E-state index in [1.165, 1.54) is 0 Å². The highest BCUT2D eigenvalue weighted by atomic mass is 16.7. The van der Waals surface area contributed by atoms with E-state index < -0.39 is 17.5 Å². The Labute approximate surface area is 171 Å². The van der Waals surface area contributed by atoms with Gasteiger partial charge in [0, 0.05) is 12.2 Å². The van der Waals surface area contributed by atoms with Gasteiger partial charge in [-0.2, -0.15) is 0 Å². The van der Waals surface area contributed by atoms with Crippen molar-refractivity contribution in [2.45, 2.75) is 45.4 Å². The fraction of sp³-hybridized carbons (Fsp3) is 0.571. The van der Waals surface area contributed by atoms with E-state index in [0.29, 0.717) is 13.2 Å². The lowest BCUT2D eigenvalue weighted by Gasteiger charge is -2.29. The third-order valence-corrected chi connectivity index (χ3v) is 4.63. The first-order valence-electron chi connectivity index (χ1n) is 10.1. The smallest absolute Gasteiger partial charge is 0.465 e. The van der Waals surface area contributed by atoms with Gasteiger partial charge in [0.15, 0.2) is 0 Å². The number of benzene rings is 1. The van der Waals surface area contributed by atoms with Crippen molar-refractivity contribution in [3.05, 3.63) is 30.3 Å². The number of hydrogen-bond donors (Lipinski definition) is 2. The minimum Gasteiger partial charge on any atom is -0.465 e. The molecule has 0 spiro atoms. The van der Waals surface area contributed by atoms with Crippen molar-refractivity contribution in [2.24, 2.45) is 5.41 Å². The van der Waals surface area contributed by atoms with E-state index in [2.05, 4.69) is 10.6 Å². The van der Waals surface area contributed by atoms with Gasteiger partial charge in [-0.05, 0) is 31.9 Å². The molecule has 29 heavy (non-hydrogen) atoms. The van der Waals surface area contributed by atoms with Crippen LogP contribution in [0.15, 0.2) is 30.3 Å². The molecular formula is C21H30N2O6. The lowest BCUT2D eigenvalue weighted by molar-refractivity contribution is -0.166. The second-order valence-electron chi connectivity index (χ2n) is 7.39. The number of anilines is 1. The van der Waals surface area contributed by atoms with Gasteiger partial charge in [0.1, 0.15) is 18.6 Å². The highest BCUT2D eigenvalue weighted by Crippen LogP contribution is 2.24. The van der Waals surface area contributed by atoms with Crippen LogP contribution in [0.4, 0.5) is 15.3 Å². The molecule has 0 bridgehead atoms. The molecule has 2 amide bonds. The molecular weight excluding hydrogens is 376 g/mol. The lowest BCUT2D eigenvalue weighted by Crippen LogP contribution is -2.44. The van der Waals surface area contributed by atoms with Gasteiger partial charge in [-0.1, -0.05) is 43.9 Å². The van der Waals surface area contributed by atoms with Gasteiger partial charge in [-0.3, -0.25) is 4.79 Å². The van der Waals surface area contributed by atoms with Crippen molar-refractivity contribution < 1.29 is 28.6 Å². The van der Waals surface area contributed by atoms with Crippen LogP contribution >= 0.6 is 0 Å². The molecule has 1 fully saturated rings. The summed E-state index contributed by atoms with van der Waals surface area (Å²) < 4.78 is 14.8. The molecule has 160 valence electrons. The molecule has 2 N–H and O–H groups in total. The van der Waals surface area contributed by atoms with Crippen LogP contribution in [0.1, 0.15) is 45.4 Å². The third kappa shape index (κ3) is 8.41. The maximum absolute atomic E-state index is 12.1. The van der Waals surface area contributed by atoms with E-state index in [1.54, 1.807) is 6.92 Å². The number of esters is 1. The van der Waals surface area contributed by atoms with E-state index in [9.17, 15) is 14.4 Å². The number of ether oxygens (including phenoxy) is 3. The quantitative estimate of drug-likeness (QED) is 0.427. The molecule has 0 aliphatic carbocycles. The van der Waals surface area contributed by atoms with Gasteiger partial charge in [-0.15, -0.1) is 0 Å². The maximum atomic E-state index is 12.1. The number of unbranched alkanes of at least 4 members (excludes halogenated alkanes) is 5. The molecule has 0 atom stereocenters. The fourth-order valence-electron chi connectivity index (χ4n) is 2.81. The van der Waals surface area contributed by atoms with E-state index in [4.69, 9.17) is 14.2 Å². The first-order valence-corrected chi connectivity index (χ1v) is 10.1. The summed E-state index contributed by atoms with van der Waals surface area (Å²) >= 11 is 0. The summed E-state index contributed by atoms with van der Waals surface area (Å²) in [7, 11) is 0. The zero-order chi connectivity index (χ0) is 21.0. The Kier molecular flexibility index (Phi) is 9.27. The second kappa shape index (κ2) is 11.9. The minimum atomic E-state index is -0.923. The Hall–Kier alpha value is -2.77. The summed E-state index contributed by atoms with van der Waals surface area (Å²) in [4.78, 5) is 34.7. The molecule has 1 aliphatic rings. The molecule has 8 heteroatoms. The molecule has 1 saturated heterocycles. The second-order valence-corrected chi connectivity index (χ2v) is 7.39. The van der Waals surface area contributed by atoms with Gasteiger partial charge in [0.05, 0.1) is 6.61 Å². The van der Waals surface area contributed by atoms with E-state index in [1.807, 2.05) is 30.3 Å². The molecule has 0 aromatic heterocycles. The Morgan fingerprint density at radius 3 is 2.31 bits per heavy atom. The number of cyclic esters (lactones) is 2. The minimum absolute atomic E-state index is 0.0118. The Morgan fingerprint density at radius 1 is 1.00 bits per heavy atom. The van der Waals surface area contributed by atoms with Crippen LogP contribution in [0.25, 0.3) is 0 Å². The number of para-hydroxylation sites is 1. The Balaban J connectivity index is 1.41. The SMILES string of the molecule is CC1(C(=O)OCCCCCCCCNC(=O)Nc2ccccc2)COC(=O)OC1. The zero-order valence-electron chi connectivity index (χ0n) is 16.9. The Morgan fingerprint density at radius 2 is 1.62 bits per heavy atom. The summed E-state index contributed by atoms with van der Waals surface area (Å²) in [6.07, 6.45) is 5.09. The molecule has 8 nitrogen and oxygen atoms in total. The van der Waals surface area contributed by atoms with Crippen molar-refractivity contribution in [2.75, 3.05) is 31.7 Å². The molecule has 1 heterocycles. The Bertz CT molecular complexity index is 654. The molecule has 0 unspecified atom stereocenters. The summed E-state index contributed by atoms with van der Waals surface area (Å²) in [5, 5.41) is 5.62. The number of amides is 2. The monoisotopic (exact) mass is 406 g/mol. The highest BCUT2D eigenvalue weighted by molar-refractivity contribution is 5.89. The van der Waals surface area contributed by atoms with Gasteiger partial charge in [0.2, 0.25) is 0 Å². The van der Waals surface area contributed by atoms with Crippen LogP contribution in [0.3, 0.4) is 0 Å². The van der Waals surface area contributed by atoms with Crippen LogP contribution < -0.4 is 10.6 Å². The largest absolute Gasteiger partial charge is 0.508 e. The number of urea groups is 1. The van der Waals surface area contributed by atoms with E-state index in [-0.39, 0.29) is 19.2 Å². The fourth-order valence-corrected chi connectivity index (χ4v) is 2.81. The topological polar surface area (TPSA) is 103 Å². The van der Waals surface area contributed by atoms with Crippen molar-refractivity contribution in [3.63, 3.8) is 0 Å². The molecule has 1 aromatic carbocycles. The molecule has 1 aromatic rings. The number of nitrogens with one attached hydrogen (secondary N) is 2. The van der Waals surface area contributed by atoms with Gasteiger partial charge < -0.3 is 24.8 Å². The predicted octanol–water partition coefficient (Wildman–Crippen LogP) is 3.87. The van der Waals surface area contributed by atoms with Crippen LogP contribution in [-0.4, -0.2) is 44.5 Å². The summed E-state index contributed by atoms with van der Waals surface area (Å²) in [5.74, 6) is -0.398. The van der Waals surface area contributed by atoms with Crippen LogP contribution in [0.5, 0.6) is 0 Å². The van der Waals surface area contributed by atoms with Crippen molar-refractivity contribution in [1.29, 1.82) is 0 Å². The first kappa shape index (κ1) is 22.5. The predicted molar refractivity (Wildman–Crippen MR) is 108 cm³/mol. The van der Waals surface area contributed by atoms with Crippen molar-refractivity contribution in [1.82, 2.24) is 5.32 Å². The number of hydrogen-bond acceptors (Lipinski definition) is 6. The lowest BCUT2D eigenvalue weighted by atomic mass is 9.93. The van der Waals surface area contributed by atoms with Gasteiger partial charge in [0.25, 0.3) is 0 Å². The molecule has 1 aliphatic heterocycles. The van der Waals surface area contributed by atoms with Crippen LogP contribution in [0, 0.1) is 5.41 Å². The summed E-state index contributed by atoms with van der Waals surface area (Å²) in [6, 6.07) is 9.14. The molecule has 0 saturated carbocycles. The first-order chi connectivity index (χ1) is 14.0. The third-order valence-electron chi connectivity index (χ3n) is 4.63. The summed E-state index contributed by atoms with van der Waals surface area (Å²) in [6.45, 7) is 2.63. The van der Waals surface area contributed by atoms with Crippen molar-refractivity contribution in [3.8, 4) is 0 Å².